The van der Waals surface area contributed by atoms with Gasteiger partial charge in [-0.3, -0.25) is 0 Å². The third-order valence-electron chi connectivity index (χ3n) is 4.76. The monoisotopic (exact) mass is 455 g/mol. The third kappa shape index (κ3) is 4.87. The van der Waals surface area contributed by atoms with Gasteiger partial charge in [-0.15, -0.1) is 0 Å². The van der Waals surface area contributed by atoms with Crippen LogP contribution < -0.4 is 4.74 Å². The van der Waals surface area contributed by atoms with E-state index in [1.807, 2.05) is 19.2 Å². The summed E-state index contributed by atoms with van der Waals surface area (Å²) in [4.78, 5) is 12.7. The van der Waals surface area contributed by atoms with Crippen molar-refractivity contribution in [1.82, 2.24) is 5.16 Å². The van der Waals surface area contributed by atoms with Gasteiger partial charge in [0, 0.05) is 11.1 Å². The van der Waals surface area contributed by atoms with Crippen molar-refractivity contribution < 1.29 is 32.0 Å². The van der Waals surface area contributed by atoms with E-state index < -0.39 is 23.9 Å². The topological polar surface area (TPSA) is 61.6 Å². The van der Waals surface area contributed by atoms with E-state index in [0.717, 1.165) is 0 Å². The summed E-state index contributed by atoms with van der Waals surface area (Å²) in [5.41, 5.74) is 0.676. The molecule has 1 aromatic carbocycles. The van der Waals surface area contributed by atoms with Crippen LogP contribution >= 0.6 is 11.3 Å². The largest absolute Gasteiger partial charge is 0.473 e. The summed E-state index contributed by atoms with van der Waals surface area (Å²) in [7, 11) is 0. The van der Waals surface area contributed by atoms with Gasteiger partial charge in [-0.05, 0) is 48.2 Å². The Balaban J connectivity index is 2.20. The number of carbonyl (C=O) groups excluding carboxylic acids is 1. The van der Waals surface area contributed by atoms with Gasteiger partial charge in [0.15, 0.2) is 11.3 Å². The van der Waals surface area contributed by atoms with Gasteiger partial charge in [0.2, 0.25) is 6.10 Å². The molecule has 0 bridgehead atoms. The van der Waals surface area contributed by atoms with Crippen molar-refractivity contribution in [1.29, 1.82) is 0 Å². The summed E-state index contributed by atoms with van der Waals surface area (Å²) < 4.78 is 56.9. The molecule has 3 rings (SSSR count). The van der Waals surface area contributed by atoms with Gasteiger partial charge in [0.1, 0.15) is 5.75 Å². The number of carbonyl (C=O) groups is 1. The van der Waals surface area contributed by atoms with E-state index in [-0.39, 0.29) is 17.6 Å². The number of nitrogens with zero attached hydrogens (tertiary/aromatic N) is 1. The minimum atomic E-state index is -4.63. The molecule has 1 unspecified atom stereocenters. The summed E-state index contributed by atoms with van der Waals surface area (Å²) >= 11 is 1.41. The predicted octanol–water partition coefficient (Wildman–Crippen LogP) is 6.50. The second kappa shape index (κ2) is 9.72. The zero-order valence-electron chi connectivity index (χ0n) is 17.5. The number of halogens is 3. The maximum Gasteiger partial charge on any atom is 0.437 e. The highest BCUT2D eigenvalue weighted by atomic mass is 32.1. The molecule has 2 aromatic heterocycles. The second-order valence-corrected chi connectivity index (χ2v) is 7.84. The Labute approximate surface area is 182 Å². The maximum atomic E-state index is 13.5. The predicted molar refractivity (Wildman–Crippen MR) is 111 cm³/mol. The fourth-order valence-electron chi connectivity index (χ4n) is 3.48. The number of fused-ring (bicyclic) bond motifs is 1. The first-order valence-corrected chi connectivity index (χ1v) is 11.1. The highest BCUT2D eigenvalue weighted by Crippen LogP contribution is 2.42. The molecule has 0 spiro atoms. The number of hydrogen-bond acceptors (Lipinski definition) is 6. The zero-order chi connectivity index (χ0) is 22.6. The molecular weight excluding hydrogens is 431 g/mol. The highest BCUT2D eigenvalue weighted by molar-refractivity contribution is 7.08. The number of rotatable bonds is 9. The van der Waals surface area contributed by atoms with Crippen LogP contribution in [0.15, 0.2) is 27.4 Å². The van der Waals surface area contributed by atoms with Crippen molar-refractivity contribution in [3.05, 3.63) is 45.3 Å². The molecule has 3 aromatic rings. The highest BCUT2D eigenvalue weighted by Gasteiger charge is 2.38. The first kappa shape index (κ1) is 23.1. The molecule has 0 fully saturated rings. The van der Waals surface area contributed by atoms with E-state index in [1.165, 1.54) is 17.4 Å². The van der Waals surface area contributed by atoms with E-state index in [0.29, 0.717) is 48.1 Å². The molecule has 168 valence electrons. The molecule has 2 heterocycles. The summed E-state index contributed by atoms with van der Waals surface area (Å²) in [6, 6.07) is 3.18. The minimum absolute atomic E-state index is 0.0388. The van der Waals surface area contributed by atoms with Crippen molar-refractivity contribution in [2.75, 3.05) is 6.61 Å². The van der Waals surface area contributed by atoms with Crippen molar-refractivity contribution in [3.63, 3.8) is 0 Å². The molecule has 1 atom stereocenters. The van der Waals surface area contributed by atoms with Crippen molar-refractivity contribution >= 4 is 28.3 Å². The molecule has 0 saturated carbocycles. The molecule has 0 aliphatic heterocycles. The fourth-order valence-corrected chi connectivity index (χ4v) is 4.15. The fraction of sp³-hybridized carbons (Fsp3) is 0.455. The summed E-state index contributed by atoms with van der Waals surface area (Å²) in [6.07, 6.45) is -3.45. The summed E-state index contributed by atoms with van der Waals surface area (Å²) in [6.45, 7) is 5.72. The molecule has 31 heavy (non-hydrogen) atoms. The van der Waals surface area contributed by atoms with Gasteiger partial charge in [-0.25, -0.2) is 4.79 Å². The first-order valence-electron chi connectivity index (χ1n) is 10.2. The van der Waals surface area contributed by atoms with E-state index >= 15 is 0 Å². The SMILES string of the molecule is CCCc1cc2c(C(F)(F)F)noc2c(CCC)c1OC(C(=O)OCC)c1ccsc1. The van der Waals surface area contributed by atoms with Crippen molar-refractivity contribution in [3.8, 4) is 5.75 Å². The quantitative estimate of drug-likeness (QED) is 0.345. The molecule has 0 aliphatic rings. The Bertz CT molecular complexity index is 1030. The van der Waals surface area contributed by atoms with Gasteiger partial charge in [0.05, 0.1) is 12.0 Å². The number of esters is 1. The van der Waals surface area contributed by atoms with Gasteiger partial charge in [0.25, 0.3) is 0 Å². The van der Waals surface area contributed by atoms with Gasteiger partial charge in [-0.1, -0.05) is 31.8 Å². The van der Waals surface area contributed by atoms with Crippen LogP contribution in [0.5, 0.6) is 5.75 Å². The lowest BCUT2D eigenvalue weighted by atomic mass is 9.97. The second-order valence-electron chi connectivity index (χ2n) is 7.06. The maximum absolute atomic E-state index is 13.5. The molecule has 5 nitrogen and oxygen atoms in total. The van der Waals surface area contributed by atoms with E-state index in [1.54, 1.807) is 18.4 Å². The number of hydrogen-bond donors (Lipinski definition) is 0. The number of benzene rings is 1. The standard InChI is InChI=1S/C22H24F3NO4S/c1-4-7-13-11-16-19(30-26-20(16)22(23,24)25)15(8-5-2)17(13)29-18(21(27)28-6-3)14-9-10-31-12-14/h9-12,18H,4-8H2,1-3H3. The average Bonchev–Trinajstić information content (AvgIpc) is 3.37. The lowest BCUT2D eigenvalue weighted by Crippen LogP contribution is -2.22. The Morgan fingerprint density at radius 1 is 1.23 bits per heavy atom. The Morgan fingerprint density at radius 3 is 2.55 bits per heavy atom. The molecule has 0 aliphatic carbocycles. The number of aromatic nitrogens is 1. The molecule has 0 amide bonds. The van der Waals surface area contributed by atoms with Crippen LogP contribution in [0.2, 0.25) is 0 Å². The molecule has 0 N–H and O–H groups in total. The Morgan fingerprint density at radius 2 is 1.97 bits per heavy atom. The summed E-state index contributed by atoms with van der Waals surface area (Å²) in [5.74, 6) is -0.190. The number of ether oxygens (including phenoxy) is 2. The van der Waals surface area contributed by atoms with Crippen LogP contribution in [0.25, 0.3) is 11.0 Å². The number of alkyl halides is 3. The molecule has 0 saturated heterocycles. The lowest BCUT2D eigenvalue weighted by Gasteiger charge is -2.22. The molecule has 9 heteroatoms. The van der Waals surface area contributed by atoms with Crippen LogP contribution in [-0.4, -0.2) is 17.7 Å². The number of thiophene rings is 1. The van der Waals surface area contributed by atoms with Crippen molar-refractivity contribution in [2.45, 2.75) is 58.7 Å². The smallest absolute Gasteiger partial charge is 0.437 e. The number of aryl methyl sites for hydroxylation is 2. The van der Waals surface area contributed by atoms with Crippen LogP contribution in [-0.2, 0) is 28.5 Å². The van der Waals surface area contributed by atoms with E-state index in [2.05, 4.69) is 5.16 Å². The molecular formula is C22H24F3NO4S. The average molecular weight is 455 g/mol. The van der Waals surface area contributed by atoms with Crippen LogP contribution in [0.1, 0.15) is 62.1 Å². The van der Waals surface area contributed by atoms with Crippen LogP contribution in [0.4, 0.5) is 13.2 Å². The van der Waals surface area contributed by atoms with Gasteiger partial charge < -0.3 is 14.0 Å². The Kier molecular flexibility index (Phi) is 7.25. The van der Waals surface area contributed by atoms with Crippen molar-refractivity contribution in [2.24, 2.45) is 0 Å². The van der Waals surface area contributed by atoms with Gasteiger partial charge >= 0.3 is 12.1 Å². The normalized spacial score (nSPS) is 12.8. The lowest BCUT2D eigenvalue weighted by molar-refractivity contribution is -0.151. The van der Waals surface area contributed by atoms with E-state index in [9.17, 15) is 18.0 Å². The van der Waals surface area contributed by atoms with E-state index in [4.69, 9.17) is 14.0 Å². The Hall–Kier alpha value is -2.55. The third-order valence-corrected chi connectivity index (χ3v) is 5.46. The zero-order valence-corrected chi connectivity index (χ0v) is 18.4. The first-order chi connectivity index (χ1) is 14.8. The summed E-state index contributed by atoms with van der Waals surface area (Å²) in [5, 5.41) is 6.82. The minimum Gasteiger partial charge on any atom is -0.473 e. The van der Waals surface area contributed by atoms with Crippen LogP contribution in [0, 0.1) is 0 Å². The molecule has 0 radical (unpaired) electrons. The van der Waals surface area contributed by atoms with Gasteiger partial charge in [-0.2, -0.15) is 24.5 Å². The van der Waals surface area contributed by atoms with Crippen LogP contribution in [0.3, 0.4) is 0 Å².